The molecule has 2 N–H and O–H groups in total. The van der Waals surface area contributed by atoms with Crippen LogP contribution in [0.25, 0.3) is 0 Å². The van der Waals surface area contributed by atoms with Gasteiger partial charge >= 0.3 is 0 Å². The van der Waals surface area contributed by atoms with E-state index in [9.17, 15) is 4.79 Å². The van der Waals surface area contributed by atoms with Crippen molar-refractivity contribution in [2.45, 2.75) is 13.0 Å². The Labute approximate surface area is 118 Å². The molecule has 0 aliphatic carbocycles. The molecule has 104 valence electrons. The zero-order valence-corrected chi connectivity index (χ0v) is 11.8. The van der Waals surface area contributed by atoms with Gasteiger partial charge in [0.05, 0.1) is 13.2 Å². The van der Waals surface area contributed by atoms with E-state index in [2.05, 4.69) is 0 Å². The Bertz CT molecular complexity index is 436. The van der Waals surface area contributed by atoms with Gasteiger partial charge in [-0.2, -0.15) is 0 Å². The summed E-state index contributed by atoms with van der Waals surface area (Å²) in [4.78, 5) is 14.0. The molecule has 1 saturated heterocycles. The van der Waals surface area contributed by atoms with Crippen molar-refractivity contribution in [3.05, 3.63) is 34.9 Å². The monoisotopic (exact) mass is 282 g/mol. The quantitative estimate of drug-likeness (QED) is 0.920. The van der Waals surface area contributed by atoms with E-state index < -0.39 is 0 Å². The number of carbonyl (C=O) groups is 1. The van der Waals surface area contributed by atoms with Gasteiger partial charge in [-0.1, -0.05) is 30.7 Å². The van der Waals surface area contributed by atoms with Gasteiger partial charge in [0.1, 0.15) is 6.10 Å². The minimum absolute atomic E-state index is 0.0834. The predicted molar refractivity (Wildman–Crippen MR) is 74.9 cm³/mol. The first-order valence-electron chi connectivity index (χ1n) is 6.47. The van der Waals surface area contributed by atoms with Crippen LogP contribution in [0.1, 0.15) is 18.6 Å². The summed E-state index contributed by atoms with van der Waals surface area (Å²) >= 11 is 5.87. The molecule has 0 aromatic heterocycles. The topological polar surface area (TPSA) is 55.6 Å². The van der Waals surface area contributed by atoms with Crippen molar-refractivity contribution in [3.8, 4) is 0 Å². The van der Waals surface area contributed by atoms with Crippen LogP contribution in [-0.2, 0) is 9.53 Å². The zero-order chi connectivity index (χ0) is 13.8. The molecule has 1 fully saturated rings. The van der Waals surface area contributed by atoms with Gasteiger partial charge in [-0.3, -0.25) is 4.79 Å². The van der Waals surface area contributed by atoms with Crippen molar-refractivity contribution in [2.24, 2.45) is 11.7 Å². The molecular formula is C14H19ClN2O2. The van der Waals surface area contributed by atoms with Crippen molar-refractivity contribution in [2.75, 3.05) is 26.2 Å². The van der Waals surface area contributed by atoms with E-state index in [4.69, 9.17) is 22.1 Å². The molecule has 5 heteroatoms. The molecule has 0 spiro atoms. The molecule has 0 saturated carbocycles. The van der Waals surface area contributed by atoms with E-state index >= 15 is 0 Å². The van der Waals surface area contributed by atoms with Crippen molar-refractivity contribution in [1.29, 1.82) is 0 Å². The van der Waals surface area contributed by atoms with Crippen molar-refractivity contribution in [3.63, 3.8) is 0 Å². The Morgan fingerprint density at radius 2 is 2.21 bits per heavy atom. The fourth-order valence-electron chi connectivity index (χ4n) is 2.14. The van der Waals surface area contributed by atoms with E-state index in [1.165, 1.54) is 0 Å². The lowest BCUT2D eigenvalue weighted by atomic mass is 10.1. The summed E-state index contributed by atoms with van der Waals surface area (Å²) in [6, 6.07) is 7.55. The standard InChI is InChI=1S/C14H19ClN2O2/c1-10(8-16)14(18)17-6-7-19-13(9-17)11-2-4-12(15)5-3-11/h2-5,10,13H,6-9,16H2,1H3. The molecule has 4 nitrogen and oxygen atoms in total. The average molecular weight is 283 g/mol. The Morgan fingerprint density at radius 1 is 1.53 bits per heavy atom. The first kappa shape index (κ1) is 14.3. The maximum Gasteiger partial charge on any atom is 0.226 e. The van der Waals surface area contributed by atoms with Gasteiger partial charge in [-0.05, 0) is 17.7 Å². The van der Waals surface area contributed by atoms with E-state index in [1.807, 2.05) is 36.1 Å². The highest BCUT2D eigenvalue weighted by Gasteiger charge is 2.27. The molecule has 1 aromatic carbocycles. The Balaban J connectivity index is 2.04. The second kappa shape index (κ2) is 6.37. The molecule has 19 heavy (non-hydrogen) atoms. The number of hydrogen-bond acceptors (Lipinski definition) is 3. The van der Waals surface area contributed by atoms with Gasteiger partial charge < -0.3 is 15.4 Å². The van der Waals surface area contributed by atoms with Crippen molar-refractivity contribution >= 4 is 17.5 Å². The van der Waals surface area contributed by atoms with Gasteiger partial charge in [0, 0.05) is 24.0 Å². The van der Waals surface area contributed by atoms with Gasteiger partial charge in [0.2, 0.25) is 5.91 Å². The minimum atomic E-state index is -0.135. The van der Waals surface area contributed by atoms with E-state index in [-0.39, 0.29) is 17.9 Å². The van der Waals surface area contributed by atoms with Gasteiger partial charge in [0.25, 0.3) is 0 Å². The highest BCUT2D eigenvalue weighted by Crippen LogP contribution is 2.24. The van der Waals surface area contributed by atoms with Crippen molar-refractivity contribution < 1.29 is 9.53 Å². The molecule has 1 heterocycles. The molecule has 1 aliphatic rings. The number of rotatable bonds is 3. The Kier molecular flexibility index (Phi) is 4.80. The fourth-order valence-corrected chi connectivity index (χ4v) is 2.27. The minimum Gasteiger partial charge on any atom is -0.370 e. The molecule has 1 aliphatic heterocycles. The van der Waals surface area contributed by atoms with Gasteiger partial charge in [-0.25, -0.2) is 0 Å². The molecule has 1 amide bonds. The normalized spacial score (nSPS) is 21.2. The third-order valence-corrected chi connectivity index (χ3v) is 3.65. The lowest BCUT2D eigenvalue weighted by Crippen LogP contribution is -2.45. The molecule has 0 bridgehead atoms. The second-order valence-corrected chi connectivity index (χ2v) is 5.27. The first-order chi connectivity index (χ1) is 9.11. The SMILES string of the molecule is CC(CN)C(=O)N1CCOC(c2ccc(Cl)cc2)C1. The van der Waals surface area contributed by atoms with Crippen LogP contribution in [0.15, 0.2) is 24.3 Å². The van der Waals surface area contributed by atoms with Crippen LogP contribution < -0.4 is 5.73 Å². The number of hydrogen-bond donors (Lipinski definition) is 1. The smallest absolute Gasteiger partial charge is 0.226 e. The van der Waals surface area contributed by atoms with Crippen LogP contribution in [0.3, 0.4) is 0 Å². The molecular weight excluding hydrogens is 264 g/mol. The van der Waals surface area contributed by atoms with E-state index in [0.717, 1.165) is 5.56 Å². The lowest BCUT2D eigenvalue weighted by molar-refractivity contribution is -0.142. The van der Waals surface area contributed by atoms with E-state index in [1.54, 1.807) is 0 Å². The van der Waals surface area contributed by atoms with Gasteiger partial charge in [0.15, 0.2) is 0 Å². The summed E-state index contributed by atoms with van der Waals surface area (Å²) in [5.74, 6) is -0.0336. The van der Waals surface area contributed by atoms with Crippen LogP contribution >= 0.6 is 11.6 Å². The second-order valence-electron chi connectivity index (χ2n) is 4.83. The predicted octanol–water partition coefficient (Wildman–Crippen LogP) is 1.83. The number of nitrogens with zero attached hydrogens (tertiary/aromatic N) is 1. The average Bonchev–Trinajstić information content (AvgIpc) is 2.46. The maximum atomic E-state index is 12.1. The van der Waals surface area contributed by atoms with Crippen molar-refractivity contribution in [1.82, 2.24) is 4.90 Å². The molecule has 2 rings (SSSR count). The molecule has 2 atom stereocenters. The number of ether oxygens (including phenoxy) is 1. The third-order valence-electron chi connectivity index (χ3n) is 3.40. The summed E-state index contributed by atoms with van der Waals surface area (Å²) in [6.45, 7) is 3.99. The molecule has 2 unspecified atom stereocenters. The van der Waals surface area contributed by atoms with Crippen LogP contribution in [0.5, 0.6) is 0 Å². The maximum absolute atomic E-state index is 12.1. The Hall–Kier alpha value is -1.10. The van der Waals surface area contributed by atoms with Crippen LogP contribution in [-0.4, -0.2) is 37.0 Å². The first-order valence-corrected chi connectivity index (χ1v) is 6.85. The lowest BCUT2D eigenvalue weighted by Gasteiger charge is -2.34. The van der Waals surface area contributed by atoms with Gasteiger partial charge in [-0.15, -0.1) is 0 Å². The number of halogens is 1. The number of amides is 1. The number of benzene rings is 1. The summed E-state index contributed by atoms with van der Waals surface area (Å²) in [7, 11) is 0. The molecule has 1 aromatic rings. The summed E-state index contributed by atoms with van der Waals surface area (Å²) in [6.07, 6.45) is -0.0834. The third kappa shape index (κ3) is 3.47. The largest absolute Gasteiger partial charge is 0.370 e. The fraction of sp³-hybridized carbons (Fsp3) is 0.500. The summed E-state index contributed by atoms with van der Waals surface area (Å²) < 4.78 is 5.73. The van der Waals surface area contributed by atoms with Crippen LogP contribution in [0.4, 0.5) is 0 Å². The number of carbonyl (C=O) groups excluding carboxylic acids is 1. The Morgan fingerprint density at radius 3 is 2.84 bits per heavy atom. The summed E-state index contributed by atoms with van der Waals surface area (Å²) in [5.41, 5.74) is 6.59. The molecule has 0 radical (unpaired) electrons. The summed E-state index contributed by atoms with van der Waals surface area (Å²) in [5, 5.41) is 0.698. The number of nitrogens with two attached hydrogens (primary N) is 1. The van der Waals surface area contributed by atoms with Crippen LogP contribution in [0, 0.1) is 5.92 Å². The van der Waals surface area contributed by atoms with E-state index in [0.29, 0.717) is 31.3 Å². The highest BCUT2D eigenvalue weighted by atomic mass is 35.5. The highest BCUT2D eigenvalue weighted by molar-refractivity contribution is 6.30. The van der Waals surface area contributed by atoms with Crippen LogP contribution in [0.2, 0.25) is 5.02 Å². The zero-order valence-electron chi connectivity index (χ0n) is 11.0. The number of morpholine rings is 1.